The van der Waals surface area contributed by atoms with Gasteiger partial charge >= 0.3 is 11.9 Å². The summed E-state index contributed by atoms with van der Waals surface area (Å²) in [5.41, 5.74) is 0.504. The van der Waals surface area contributed by atoms with Crippen molar-refractivity contribution < 1.29 is 19.1 Å². The van der Waals surface area contributed by atoms with Gasteiger partial charge in [0.05, 0.1) is 25.3 Å². The number of carbonyl (C=O) groups excluding carboxylic acids is 2. The number of methoxy groups -OCH3 is 2. The van der Waals surface area contributed by atoms with Crippen LogP contribution in [0.2, 0.25) is 0 Å². The van der Waals surface area contributed by atoms with Crippen molar-refractivity contribution in [2.45, 2.75) is 0 Å². The number of ether oxygens (including phenoxy) is 2. The van der Waals surface area contributed by atoms with Crippen molar-refractivity contribution >= 4 is 65.8 Å². The molecule has 0 aliphatic carbocycles. The molecule has 144 valence electrons. The molecule has 0 heterocycles. The maximum atomic E-state index is 12.9. The fourth-order valence-electron chi connectivity index (χ4n) is 5.04. The highest BCUT2D eigenvalue weighted by Gasteiger charge is 2.29. The number of esters is 2. The molecule has 6 aromatic carbocycles. The molecule has 30 heavy (non-hydrogen) atoms. The molecule has 0 bridgehead atoms. The summed E-state index contributed by atoms with van der Waals surface area (Å²) < 4.78 is 10.2. The van der Waals surface area contributed by atoms with E-state index in [2.05, 4.69) is 36.4 Å². The highest BCUT2D eigenvalue weighted by Crippen LogP contribution is 2.47. The summed E-state index contributed by atoms with van der Waals surface area (Å²) in [5.74, 6) is -1.10. The molecule has 0 amide bonds. The number of rotatable bonds is 2. The first kappa shape index (κ1) is 17.0. The Balaban J connectivity index is 2.07. The molecule has 0 saturated carbocycles. The Kier molecular flexibility index (Phi) is 3.28. The van der Waals surface area contributed by atoms with Crippen LogP contribution in [0.5, 0.6) is 0 Å². The summed E-state index contributed by atoms with van der Waals surface area (Å²) in [6, 6.07) is 20.3. The van der Waals surface area contributed by atoms with E-state index < -0.39 is 11.9 Å². The average Bonchev–Trinajstić information content (AvgIpc) is 2.80. The van der Waals surface area contributed by atoms with Crippen LogP contribution < -0.4 is 0 Å². The van der Waals surface area contributed by atoms with Crippen LogP contribution in [0.4, 0.5) is 0 Å². The topological polar surface area (TPSA) is 52.6 Å². The van der Waals surface area contributed by atoms with Crippen LogP contribution in [-0.2, 0) is 9.47 Å². The first-order chi connectivity index (χ1) is 14.7. The van der Waals surface area contributed by atoms with Gasteiger partial charge in [-0.2, -0.15) is 0 Å². The molecule has 0 N–H and O–H groups in total. The monoisotopic (exact) mass is 392 g/mol. The van der Waals surface area contributed by atoms with E-state index in [1.165, 1.54) is 14.2 Å². The summed E-state index contributed by atoms with van der Waals surface area (Å²) >= 11 is 0. The number of carbonyl (C=O) groups is 2. The second-order valence-electron chi connectivity index (χ2n) is 7.52. The van der Waals surface area contributed by atoms with Gasteiger partial charge in [0.15, 0.2) is 0 Å². The van der Waals surface area contributed by atoms with Crippen LogP contribution in [0.15, 0.2) is 60.7 Å². The molecule has 6 rings (SSSR count). The summed E-state index contributed by atoms with van der Waals surface area (Å²) in [7, 11) is 2.66. The maximum absolute atomic E-state index is 12.9. The van der Waals surface area contributed by atoms with Crippen molar-refractivity contribution in [2.24, 2.45) is 0 Å². The third-order valence-electron chi connectivity index (χ3n) is 6.20. The Hall–Kier alpha value is -3.92. The lowest BCUT2D eigenvalue weighted by Crippen LogP contribution is -2.14. The molecule has 6 aromatic rings. The van der Waals surface area contributed by atoms with Crippen LogP contribution in [0, 0.1) is 0 Å². The Morgan fingerprint density at radius 3 is 1.37 bits per heavy atom. The SMILES string of the molecule is COC(=O)c1c(C(=O)OC)c2ccc3cccc4c5cccc6ccc1c(c65)c2c34. The van der Waals surface area contributed by atoms with Crippen LogP contribution in [0.3, 0.4) is 0 Å². The number of fused-ring (bicyclic) bond motifs is 1. The predicted molar refractivity (Wildman–Crippen MR) is 119 cm³/mol. The Labute approximate surface area is 171 Å². The smallest absolute Gasteiger partial charge is 0.339 e. The van der Waals surface area contributed by atoms with Crippen LogP contribution >= 0.6 is 0 Å². The minimum Gasteiger partial charge on any atom is -0.465 e. The fourth-order valence-corrected chi connectivity index (χ4v) is 5.04. The lowest BCUT2D eigenvalue weighted by Gasteiger charge is -2.21. The van der Waals surface area contributed by atoms with Crippen molar-refractivity contribution in [3.8, 4) is 0 Å². The standard InChI is InChI=1S/C26H16O4/c1-29-25(27)23-17-11-9-13-5-3-7-15-16-8-4-6-14-10-12-18(24(23)26(28)30-2)22(20(14)16)21(17)19(13)15/h3-12H,1-2H3. The van der Waals surface area contributed by atoms with Gasteiger partial charge in [0.25, 0.3) is 0 Å². The van der Waals surface area contributed by atoms with Crippen molar-refractivity contribution in [1.29, 1.82) is 0 Å². The minimum atomic E-state index is -0.548. The summed E-state index contributed by atoms with van der Waals surface area (Å²) in [6.07, 6.45) is 0. The van der Waals surface area contributed by atoms with Gasteiger partial charge in [-0.05, 0) is 53.9 Å². The van der Waals surface area contributed by atoms with E-state index in [0.717, 1.165) is 43.1 Å². The van der Waals surface area contributed by atoms with E-state index in [4.69, 9.17) is 9.47 Å². The second-order valence-corrected chi connectivity index (χ2v) is 7.52. The quantitative estimate of drug-likeness (QED) is 0.209. The van der Waals surface area contributed by atoms with E-state index in [0.29, 0.717) is 10.8 Å². The highest BCUT2D eigenvalue weighted by atomic mass is 16.5. The van der Waals surface area contributed by atoms with E-state index >= 15 is 0 Å². The van der Waals surface area contributed by atoms with E-state index in [1.807, 2.05) is 24.3 Å². The van der Waals surface area contributed by atoms with Gasteiger partial charge in [-0.3, -0.25) is 0 Å². The molecule has 0 aliphatic heterocycles. The third-order valence-corrected chi connectivity index (χ3v) is 6.20. The number of benzene rings is 6. The van der Waals surface area contributed by atoms with E-state index in [1.54, 1.807) is 0 Å². The molecular weight excluding hydrogens is 376 g/mol. The maximum Gasteiger partial charge on any atom is 0.339 e. The van der Waals surface area contributed by atoms with Gasteiger partial charge in [-0.25, -0.2) is 9.59 Å². The number of hydrogen-bond acceptors (Lipinski definition) is 4. The first-order valence-electron chi connectivity index (χ1n) is 9.69. The normalized spacial score (nSPS) is 11.9. The molecule has 0 spiro atoms. The van der Waals surface area contributed by atoms with Crippen molar-refractivity contribution in [2.75, 3.05) is 14.2 Å². The van der Waals surface area contributed by atoms with Crippen molar-refractivity contribution in [3.63, 3.8) is 0 Å². The van der Waals surface area contributed by atoms with Gasteiger partial charge in [-0.15, -0.1) is 0 Å². The Morgan fingerprint density at radius 1 is 0.533 bits per heavy atom. The zero-order valence-corrected chi connectivity index (χ0v) is 16.4. The summed E-state index contributed by atoms with van der Waals surface area (Å²) in [5, 5.41) is 10.00. The molecule has 0 aliphatic rings. The van der Waals surface area contributed by atoms with E-state index in [9.17, 15) is 9.59 Å². The zero-order valence-electron chi connectivity index (χ0n) is 16.4. The molecule has 0 radical (unpaired) electrons. The summed E-state index contributed by atoms with van der Waals surface area (Å²) in [4.78, 5) is 25.8. The second kappa shape index (κ2) is 5.80. The Morgan fingerprint density at radius 2 is 0.967 bits per heavy atom. The van der Waals surface area contributed by atoms with Gasteiger partial charge in [0.2, 0.25) is 0 Å². The van der Waals surface area contributed by atoms with Gasteiger partial charge in [0.1, 0.15) is 0 Å². The predicted octanol–water partition coefficient (Wildman–Crippen LogP) is 5.90. The summed E-state index contributed by atoms with van der Waals surface area (Å²) in [6.45, 7) is 0. The molecule has 0 atom stereocenters. The van der Waals surface area contributed by atoms with Crippen molar-refractivity contribution in [1.82, 2.24) is 0 Å². The molecule has 0 aromatic heterocycles. The van der Waals surface area contributed by atoms with Crippen LogP contribution in [0.25, 0.3) is 53.9 Å². The molecule has 0 fully saturated rings. The highest BCUT2D eigenvalue weighted by molar-refractivity contribution is 6.42. The van der Waals surface area contributed by atoms with Gasteiger partial charge in [0, 0.05) is 0 Å². The third kappa shape index (κ3) is 1.90. The average molecular weight is 392 g/mol. The molecule has 0 unspecified atom stereocenters. The lowest BCUT2D eigenvalue weighted by molar-refractivity contribution is 0.0559. The van der Waals surface area contributed by atoms with Gasteiger partial charge in [-0.1, -0.05) is 60.7 Å². The minimum absolute atomic E-state index is 0.252. The van der Waals surface area contributed by atoms with Gasteiger partial charge < -0.3 is 9.47 Å². The largest absolute Gasteiger partial charge is 0.465 e. The van der Waals surface area contributed by atoms with Crippen LogP contribution in [0.1, 0.15) is 20.7 Å². The molecule has 4 heteroatoms. The molecular formula is C26H16O4. The zero-order chi connectivity index (χ0) is 20.6. The lowest BCUT2D eigenvalue weighted by atomic mass is 9.82. The van der Waals surface area contributed by atoms with Crippen molar-refractivity contribution in [3.05, 3.63) is 71.8 Å². The molecule has 4 nitrogen and oxygen atoms in total. The first-order valence-corrected chi connectivity index (χ1v) is 9.69. The fraction of sp³-hybridized carbons (Fsp3) is 0.0769. The number of hydrogen-bond donors (Lipinski definition) is 0. The molecule has 0 saturated heterocycles. The van der Waals surface area contributed by atoms with E-state index in [-0.39, 0.29) is 11.1 Å². The Bertz CT molecular complexity index is 1520. The van der Waals surface area contributed by atoms with Crippen LogP contribution in [-0.4, -0.2) is 26.2 Å².